The van der Waals surface area contributed by atoms with Gasteiger partial charge in [0.15, 0.2) is 0 Å². The van der Waals surface area contributed by atoms with Gasteiger partial charge in [-0.25, -0.2) is 9.59 Å². The van der Waals surface area contributed by atoms with E-state index in [1.54, 1.807) is 12.1 Å². The van der Waals surface area contributed by atoms with E-state index >= 15 is 0 Å². The second-order valence-electron chi connectivity index (χ2n) is 12.0. The molecule has 4 nitrogen and oxygen atoms in total. The third kappa shape index (κ3) is 9.86. The van der Waals surface area contributed by atoms with E-state index in [1.807, 2.05) is 0 Å². The van der Waals surface area contributed by atoms with Gasteiger partial charge in [-0.2, -0.15) is 0 Å². The minimum absolute atomic E-state index is 0.169. The molecular weight excluding hydrogens is 520 g/mol. The van der Waals surface area contributed by atoms with Gasteiger partial charge in [-0.15, -0.1) is 0 Å². The fourth-order valence-corrected chi connectivity index (χ4v) is 5.96. The van der Waals surface area contributed by atoms with Crippen molar-refractivity contribution in [2.45, 2.75) is 105 Å². The predicted molar refractivity (Wildman–Crippen MR) is 173 cm³/mol. The second-order valence-corrected chi connectivity index (χ2v) is 12.0. The van der Waals surface area contributed by atoms with Crippen LogP contribution in [-0.4, -0.2) is 22.2 Å². The molecule has 226 valence electrons. The van der Waals surface area contributed by atoms with Crippen molar-refractivity contribution in [1.82, 2.24) is 0 Å². The molecule has 3 aromatic rings. The molecule has 0 aromatic heterocycles. The van der Waals surface area contributed by atoms with Crippen LogP contribution >= 0.6 is 0 Å². The lowest BCUT2D eigenvalue weighted by molar-refractivity contribution is 0.0679. The van der Waals surface area contributed by atoms with Crippen molar-refractivity contribution in [1.29, 1.82) is 0 Å². The van der Waals surface area contributed by atoms with E-state index < -0.39 is 11.9 Å². The lowest BCUT2D eigenvalue weighted by Gasteiger charge is -2.16. The first-order valence-corrected chi connectivity index (χ1v) is 16.1. The molecule has 0 aliphatic carbocycles. The topological polar surface area (TPSA) is 74.6 Å². The van der Waals surface area contributed by atoms with Crippen LogP contribution in [0.1, 0.15) is 133 Å². The van der Waals surface area contributed by atoms with Gasteiger partial charge in [0.2, 0.25) is 0 Å². The standard InChI is InChI=1S/C38H50O4/c1-5-9-11-27(7-3)21-29-13-17-31(18-14-29)23-33-25-36(38(41)42)34(26-35(33)37(39)40)24-32-19-15-30(16-20-32)22-28(8-4)12-10-6-2/h13-20,25-28H,5-12,21-24H2,1-4H3,(H,39,40)(H,41,42). The molecular formula is C38H50O4. The number of carbonyl (C=O) groups is 2. The molecule has 0 saturated heterocycles. The zero-order valence-electron chi connectivity index (χ0n) is 26.1. The Balaban J connectivity index is 1.79. The Hall–Kier alpha value is -3.40. The molecule has 0 radical (unpaired) electrons. The van der Waals surface area contributed by atoms with Gasteiger partial charge < -0.3 is 10.2 Å². The third-order valence-corrected chi connectivity index (χ3v) is 8.76. The van der Waals surface area contributed by atoms with Crippen molar-refractivity contribution in [3.05, 3.63) is 105 Å². The van der Waals surface area contributed by atoms with E-state index in [-0.39, 0.29) is 11.1 Å². The highest BCUT2D eigenvalue weighted by Crippen LogP contribution is 2.26. The van der Waals surface area contributed by atoms with Crippen molar-refractivity contribution in [3.8, 4) is 0 Å². The molecule has 2 unspecified atom stereocenters. The maximum absolute atomic E-state index is 12.3. The van der Waals surface area contributed by atoms with Gasteiger partial charge in [0.1, 0.15) is 0 Å². The van der Waals surface area contributed by atoms with Crippen LogP contribution in [0.25, 0.3) is 0 Å². The number of unbranched alkanes of at least 4 members (excludes halogenated alkanes) is 2. The van der Waals surface area contributed by atoms with E-state index in [4.69, 9.17) is 0 Å². The molecule has 0 fully saturated rings. The van der Waals surface area contributed by atoms with Gasteiger partial charge in [0.25, 0.3) is 0 Å². The van der Waals surface area contributed by atoms with E-state index in [0.717, 1.165) is 36.8 Å². The molecule has 3 aromatic carbocycles. The normalized spacial score (nSPS) is 12.7. The van der Waals surface area contributed by atoms with Gasteiger partial charge in [-0.05, 0) is 83.0 Å². The Labute approximate surface area is 253 Å². The Bertz CT molecular complexity index is 1170. The first-order valence-electron chi connectivity index (χ1n) is 16.1. The fraction of sp³-hybridized carbons (Fsp3) is 0.474. The Morgan fingerprint density at radius 2 is 0.905 bits per heavy atom. The SMILES string of the molecule is CCCCC(CC)Cc1ccc(Cc2cc(C(=O)O)c(Cc3ccc(CC(CC)CCCC)cc3)cc2C(=O)O)cc1. The Morgan fingerprint density at radius 1 is 0.571 bits per heavy atom. The zero-order chi connectivity index (χ0) is 30.5. The summed E-state index contributed by atoms with van der Waals surface area (Å²) in [7, 11) is 0. The maximum Gasteiger partial charge on any atom is 0.335 e. The van der Waals surface area contributed by atoms with E-state index in [9.17, 15) is 19.8 Å². The number of hydrogen-bond donors (Lipinski definition) is 2. The summed E-state index contributed by atoms with van der Waals surface area (Å²) in [6.45, 7) is 8.95. The number of carboxylic acid groups (broad SMARTS) is 2. The average molecular weight is 571 g/mol. The maximum atomic E-state index is 12.3. The minimum Gasteiger partial charge on any atom is -0.478 e. The molecule has 2 atom stereocenters. The molecule has 0 spiro atoms. The highest BCUT2D eigenvalue weighted by molar-refractivity contribution is 5.95. The molecule has 2 N–H and O–H groups in total. The highest BCUT2D eigenvalue weighted by Gasteiger charge is 2.19. The Kier molecular flexibility index (Phi) is 13.3. The molecule has 3 rings (SSSR count). The van der Waals surface area contributed by atoms with Crippen molar-refractivity contribution >= 4 is 11.9 Å². The molecule has 0 bridgehead atoms. The smallest absolute Gasteiger partial charge is 0.335 e. The van der Waals surface area contributed by atoms with E-state index in [0.29, 0.717) is 35.8 Å². The number of hydrogen-bond acceptors (Lipinski definition) is 2. The monoisotopic (exact) mass is 570 g/mol. The molecule has 0 amide bonds. The predicted octanol–water partition coefficient (Wildman–Crippen LogP) is 9.78. The first kappa shape index (κ1) is 33.1. The largest absolute Gasteiger partial charge is 0.478 e. The van der Waals surface area contributed by atoms with Crippen molar-refractivity contribution in [2.24, 2.45) is 11.8 Å². The summed E-state index contributed by atoms with van der Waals surface area (Å²) in [5, 5.41) is 20.1. The number of benzene rings is 3. The second kappa shape index (κ2) is 16.9. The van der Waals surface area contributed by atoms with Crippen LogP contribution in [0.3, 0.4) is 0 Å². The zero-order valence-corrected chi connectivity index (χ0v) is 26.1. The molecule has 0 heterocycles. The third-order valence-electron chi connectivity index (χ3n) is 8.76. The van der Waals surface area contributed by atoms with Crippen LogP contribution in [0.15, 0.2) is 60.7 Å². The summed E-state index contributed by atoms with van der Waals surface area (Å²) in [4.78, 5) is 24.6. The Morgan fingerprint density at radius 3 is 1.19 bits per heavy atom. The van der Waals surface area contributed by atoms with Gasteiger partial charge in [0.05, 0.1) is 11.1 Å². The molecule has 0 saturated carbocycles. The van der Waals surface area contributed by atoms with Crippen LogP contribution in [0.2, 0.25) is 0 Å². The number of carboxylic acids is 2. The summed E-state index contributed by atoms with van der Waals surface area (Å²) >= 11 is 0. The number of rotatable bonds is 18. The van der Waals surface area contributed by atoms with Crippen molar-refractivity contribution < 1.29 is 19.8 Å². The summed E-state index contributed by atoms with van der Waals surface area (Å²) < 4.78 is 0. The summed E-state index contributed by atoms with van der Waals surface area (Å²) in [5.74, 6) is -0.713. The van der Waals surface area contributed by atoms with Gasteiger partial charge in [0, 0.05) is 0 Å². The average Bonchev–Trinajstić information content (AvgIpc) is 2.99. The van der Waals surface area contributed by atoms with Crippen LogP contribution in [0, 0.1) is 11.8 Å². The van der Waals surface area contributed by atoms with Gasteiger partial charge in [-0.3, -0.25) is 0 Å². The molecule has 4 heteroatoms. The van der Waals surface area contributed by atoms with Crippen LogP contribution in [-0.2, 0) is 25.7 Å². The summed E-state index contributed by atoms with van der Waals surface area (Å²) in [6, 6.07) is 19.9. The highest BCUT2D eigenvalue weighted by atomic mass is 16.4. The lowest BCUT2D eigenvalue weighted by Crippen LogP contribution is -2.11. The summed E-state index contributed by atoms with van der Waals surface area (Å²) in [5.41, 5.74) is 5.93. The van der Waals surface area contributed by atoms with Crippen molar-refractivity contribution in [3.63, 3.8) is 0 Å². The lowest BCUT2D eigenvalue weighted by atomic mass is 9.89. The van der Waals surface area contributed by atoms with Crippen LogP contribution in [0.4, 0.5) is 0 Å². The van der Waals surface area contributed by atoms with Crippen LogP contribution < -0.4 is 0 Å². The number of aromatic carboxylic acids is 2. The summed E-state index contributed by atoms with van der Waals surface area (Å²) in [6.07, 6.45) is 12.6. The first-order chi connectivity index (χ1) is 20.3. The van der Waals surface area contributed by atoms with Crippen molar-refractivity contribution in [2.75, 3.05) is 0 Å². The van der Waals surface area contributed by atoms with Gasteiger partial charge >= 0.3 is 11.9 Å². The quantitative estimate of drug-likeness (QED) is 0.160. The molecule has 42 heavy (non-hydrogen) atoms. The van der Waals surface area contributed by atoms with Crippen LogP contribution in [0.5, 0.6) is 0 Å². The minimum atomic E-state index is -1.03. The van der Waals surface area contributed by atoms with E-state index in [2.05, 4.69) is 76.2 Å². The molecule has 0 aliphatic rings. The van der Waals surface area contributed by atoms with Gasteiger partial charge in [-0.1, -0.05) is 128 Å². The molecule has 0 aliphatic heterocycles. The van der Waals surface area contributed by atoms with E-state index in [1.165, 1.54) is 49.7 Å². The fourth-order valence-electron chi connectivity index (χ4n) is 5.96.